The van der Waals surface area contributed by atoms with Crippen LogP contribution < -0.4 is 5.32 Å². The molecule has 1 N–H and O–H groups in total. The van der Waals surface area contributed by atoms with Crippen molar-refractivity contribution in [1.29, 1.82) is 0 Å². The van der Waals surface area contributed by atoms with Gasteiger partial charge in [0.15, 0.2) is 4.67 Å². The third kappa shape index (κ3) is 2.39. The van der Waals surface area contributed by atoms with Crippen LogP contribution in [0.25, 0.3) is 0 Å². The first kappa shape index (κ1) is 11.9. The minimum atomic E-state index is 0.155. The molecule has 2 aromatic heterocycles. The molecule has 0 saturated heterocycles. The maximum atomic E-state index is 5.64. The Kier molecular flexibility index (Phi) is 3.84. The Hall–Kier alpha value is -0.580. The van der Waals surface area contributed by atoms with Gasteiger partial charge in [0.2, 0.25) is 0 Å². The lowest BCUT2D eigenvalue weighted by atomic mass is 10.1. The third-order valence-electron chi connectivity index (χ3n) is 2.50. The minimum absolute atomic E-state index is 0.155. The van der Waals surface area contributed by atoms with Crippen molar-refractivity contribution in [2.24, 2.45) is 0 Å². The Morgan fingerprint density at radius 2 is 2.25 bits per heavy atom. The van der Waals surface area contributed by atoms with Gasteiger partial charge >= 0.3 is 0 Å². The molecule has 0 spiro atoms. The molecular weight excluding hydrogens is 286 g/mol. The Balaban J connectivity index is 2.34. The summed E-state index contributed by atoms with van der Waals surface area (Å²) in [7, 11) is 0. The molecule has 0 aliphatic carbocycles. The van der Waals surface area contributed by atoms with Crippen LogP contribution >= 0.6 is 27.3 Å². The summed E-state index contributed by atoms with van der Waals surface area (Å²) in [5.41, 5.74) is 1.30. The largest absolute Gasteiger partial charge is 0.452 e. The van der Waals surface area contributed by atoms with Gasteiger partial charge in [-0.1, -0.05) is 6.92 Å². The van der Waals surface area contributed by atoms with Crippen molar-refractivity contribution < 1.29 is 4.42 Å². The fourth-order valence-electron chi connectivity index (χ4n) is 1.75. The van der Waals surface area contributed by atoms with E-state index < -0.39 is 0 Å². The molecule has 2 heterocycles. The highest BCUT2D eigenvalue weighted by Crippen LogP contribution is 2.30. The number of hydrogen-bond acceptors (Lipinski definition) is 3. The first-order chi connectivity index (χ1) is 7.72. The average molecular weight is 300 g/mol. The fraction of sp³-hybridized carbons (Fsp3) is 0.333. The number of nitrogens with one attached hydrogen (secondary N) is 1. The van der Waals surface area contributed by atoms with Crippen LogP contribution in [0.15, 0.2) is 32.7 Å². The summed E-state index contributed by atoms with van der Waals surface area (Å²) in [6, 6.07) is 6.25. The van der Waals surface area contributed by atoms with E-state index in [0.29, 0.717) is 0 Å². The van der Waals surface area contributed by atoms with Gasteiger partial charge in [-0.3, -0.25) is 0 Å². The summed E-state index contributed by atoms with van der Waals surface area (Å²) in [4.78, 5) is 1.33. The SMILES string of the molecule is CCNC(c1ccc(Br)o1)c1ccsc1C. The Morgan fingerprint density at radius 3 is 2.75 bits per heavy atom. The van der Waals surface area contributed by atoms with Gasteiger partial charge in [-0.2, -0.15) is 0 Å². The molecule has 16 heavy (non-hydrogen) atoms. The van der Waals surface area contributed by atoms with Crippen LogP contribution in [0.3, 0.4) is 0 Å². The van der Waals surface area contributed by atoms with Gasteiger partial charge in [-0.15, -0.1) is 11.3 Å². The fourth-order valence-corrected chi connectivity index (χ4v) is 2.81. The van der Waals surface area contributed by atoms with E-state index >= 15 is 0 Å². The quantitative estimate of drug-likeness (QED) is 0.919. The second-order valence-corrected chi connectivity index (χ2v) is 5.47. The first-order valence-corrected chi connectivity index (χ1v) is 6.92. The van der Waals surface area contributed by atoms with E-state index in [-0.39, 0.29) is 6.04 Å². The maximum absolute atomic E-state index is 5.64. The molecule has 0 amide bonds. The molecule has 0 radical (unpaired) electrons. The second-order valence-electron chi connectivity index (χ2n) is 3.56. The molecule has 0 bridgehead atoms. The van der Waals surface area contributed by atoms with Crippen LogP contribution in [0.2, 0.25) is 0 Å². The van der Waals surface area contributed by atoms with Gasteiger partial charge in [-0.05, 0) is 58.5 Å². The average Bonchev–Trinajstić information content (AvgIpc) is 2.84. The molecule has 4 heteroatoms. The van der Waals surface area contributed by atoms with Crippen molar-refractivity contribution in [3.05, 3.63) is 44.4 Å². The van der Waals surface area contributed by atoms with E-state index in [1.807, 2.05) is 12.1 Å². The summed E-state index contributed by atoms with van der Waals surface area (Å²) in [5.74, 6) is 0.954. The molecule has 0 aliphatic heterocycles. The molecule has 1 atom stereocenters. The van der Waals surface area contributed by atoms with Gasteiger partial charge in [-0.25, -0.2) is 0 Å². The summed E-state index contributed by atoms with van der Waals surface area (Å²) in [6.45, 7) is 5.16. The van der Waals surface area contributed by atoms with Gasteiger partial charge < -0.3 is 9.73 Å². The first-order valence-electron chi connectivity index (χ1n) is 5.25. The van der Waals surface area contributed by atoms with E-state index in [1.165, 1.54) is 10.4 Å². The second kappa shape index (κ2) is 5.17. The Morgan fingerprint density at radius 1 is 1.44 bits per heavy atom. The highest BCUT2D eigenvalue weighted by Gasteiger charge is 2.19. The predicted octanol–water partition coefficient (Wildman–Crippen LogP) is 4.11. The predicted molar refractivity (Wildman–Crippen MR) is 71.0 cm³/mol. The van der Waals surface area contributed by atoms with Crippen LogP contribution in [0.1, 0.15) is 29.2 Å². The van der Waals surface area contributed by atoms with Crippen LogP contribution in [0.4, 0.5) is 0 Å². The normalized spacial score (nSPS) is 12.9. The number of thiophene rings is 1. The van der Waals surface area contributed by atoms with Crippen LogP contribution in [0.5, 0.6) is 0 Å². The zero-order valence-corrected chi connectivity index (χ0v) is 11.7. The zero-order valence-electron chi connectivity index (χ0n) is 9.29. The van der Waals surface area contributed by atoms with Crippen molar-refractivity contribution >= 4 is 27.3 Å². The topological polar surface area (TPSA) is 25.2 Å². The van der Waals surface area contributed by atoms with E-state index in [2.05, 4.69) is 46.5 Å². The Bertz CT molecular complexity index is 463. The highest BCUT2D eigenvalue weighted by molar-refractivity contribution is 9.10. The maximum Gasteiger partial charge on any atom is 0.169 e. The molecule has 2 aromatic rings. The van der Waals surface area contributed by atoms with Crippen molar-refractivity contribution in [1.82, 2.24) is 5.32 Å². The lowest BCUT2D eigenvalue weighted by Crippen LogP contribution is -2.21. The van der Waals surface area contributed by atoms with Gasteiger partial charge in [0.1, 0.15) is 5.76 Å². The number of aryl methyl sites for hydroxylation is 1. The van der Waals surface area contributed by atoms with Crippen molar-refractivity contribution in [3.63, 3.8) is 0 Å². The molecule has 2 rings (SSSR count). The van der Waals surface area contributed by atoms with Gasteiger partial charge in [0.25, 0.3) is 0 Å². The monoisotopic (exact) mass is 299 g/mol. The highest BCUT2D eigenvalue weighted by atomic mass is 79.9. The number of halogens is 1. The molecule has 0 aliphatic rings. The van der Waals surface area contributed by atoms with E-state index in [1.54, 1.807) is 11.3 Å². The van der Waals surface area contributed by atoms with Gasteiger partial charge in [0, 0.05) is 4.88 Å². The molecule has 1 unspecified atom stereocenters. The van der Waals surface area contributed by atoms with Crippen LogP contribution in [-0.2, 0) is 0 Å². The van der Waals surface area contributed by atoms with E-state index in [9.17, 15) is 0 Å². The molecule has 0 saturated carbocycles. The molecule has 0 aromatic carbocycles. The molecule has 0 fully saturated rings. The molecule has 2 nitrogen and oxygen atoms in total. The van der Waals surface area contributed by atoms with Crippen molar-refractivity contribution in [3.8, 4) is 0 Å². The standard InChI is InChI=1S/C12H14BrNOS/c1-3-14-12(9-6-7-16-8(9)2)10-4-5-11(13)15-10/h4-7,12,14H,3H2,1-2H3. The van der Waals surface area contributed by atoms with Crippen LogP contribution in [0, 0.1) is 6.92 Å². The van der Waals surface area contributed by atoms with Gasteiger partial charge in [0.05, 0.1) is 6.04 Å². The summed E-state index contributed by atoms with van der Waals surface area (Å²) >= 11 is 5.11. The third-order valence-corrected chi connectivity index (χ3v) is 3.78. The summed E-state index contributed by atoms with van der Waals surface area (Å²) in [5, 5.41) is 5.57. The molecular formula is C12H14BrNOS. The number of rotatable bonds is 4. The zero-order chi connectivity index (χ0) is 11.5. The number of hydrogen-bond donors (Lipinski definition) is 1. The summed E-state index contributed by atoms with van der Waals surface area (Å²) in [6.07, 6.45) is 0. The lowest BCUT2D eigenvalue weighted by Gasteiger charge is -2.15. The number of furan rings is 1. The lowest BCUT2D eigenvalue weighted by molar-refractivity contribution is 0.437. The Labute approximate surface area is 108 Å². The van der Waals surface area contributed by atoms with Crippen LogP contribution in [-0.4, -0.2) is 6.54 Å². The smallest absolute Gasteiger partial charge is 0.169 e. The van der Waals surface area contributed by atoms with E-state index in [0.717, 1.165) is 17.0 Å². The molecule has 86 valence electrons. The summed E-state index contributed by atoms with van der Waals surface area (Å²) < 4.78 is 6.41. The van der Waals surface area contributed by atoms with Crippen molar-refractivity contribution in [2.75, 3.05) is 6.54 Å². The van der Waals surface area contributed by atoms with Crippen molar-refractivity contribution in [2.45, 2.75) is 19.9 Å². The van der Waals surface area contributed by atoms with E-state index in [4.69, 9.17) is 4.42 Å². The minimum Gasteiger partial charge on any atom is -0.452 e.